The second-order valence-electron chi connectivity index (χ2n) is 5.96. The zero-order valence-electron chi connectivity index (χ0n) is 14.2. The highest BCUT2D eigenvalue weighted by atomic mass is 16.5. The molecule has 2 atom stereocenters. The largest absolute Gasteiger partial charge is 0.497 e. The van der Waals surface area contributed by atoms with Gasteiger partial charge in [0.15, 0.2) is 0 Å². The standard InChI is InChI=1S/C19H32O2/c1-5-7-8-17(6-2)10-9-16(3)21-15-18-11-13-19(20-4)14-12-18/h11-14,16-17H,5-10,15H2,1-4H3. The van der Waals surface area contributed by atoms with Crippen LogP contribution in [-0.2, 0) is 11.3 Å². The molecule has 1 aromatic carbocycles. The Kier molecular flexibility index (Phi) is 9.16. The van der Waals surface area contributed by atoms with Crippen LogP contribution < -0.4 is 4.74 Å². The summed E-state index contributed by atoms with van der Waals surface area (Å²) in [7, 11) is 1.69. The van der Waals surface area contributed by atoms with Gasteiger partial charge < -0.3 is 9.47 Å². The molecule has 0 aliphatic heterocycles. The molecule has 0 bridgehead atoms. The molecule has 0 radical (unpaired) electrons. The SMILES string of the molecule is CCCCC(CC)CCC(C)OCc1ccc(OC)cc1. The third kappa shape index (κ3) is 7.52. The van der Waals surface area contributed by atoms with Gasteiger partial charge in [0.05, 0.1) is 19.8 Å². The lowest BCUT2D eigenvalue weighted by Crippen LogP contribution is -2.11. The first-order valence-corrected chi connectivity index (χ1v) is 8.44. The Morgan fingerprint density at radius 2 is 1.71 bits per heavy atom. The minimum absolute atomic E-state index is 0.336. The van der Waals surface area contributed by atoms with Crippen molar-refractivity contribution >= 4 is 0 Å². The van der Waals surface area contributed by atoms with E-state index in [1.165, 1.54) is 44.1 Å². The molecule has 0 N–H and O–H groups in total. The van der Waals surface area contributed by atoms with Crippen LogP contribution in [0.25, 0.3) is 0 Å². The zero-order valence-corrected chi connectivity index (χ0v) is 14.2. The first-order valence-electron chi connectivity index (χ1n) is 8.44. The molecule has 2 nitrogen and oxygen atoms in total. The van der Waals surface area contributed by atoms with E-state index in [-0.39, 0.29) is 0 Å². The van der Waals surface area contributed by atoms with Crippen molar-refractivity contribution in [1.82, 2.24) is 0 Å². The fourth-order valence-corrected chi connectivity index (χ4v) is 2.56. The number of ether oxygens (including phenoxy) is 2. The number of methoxy groups -OCH3 is 1. The van der Waals surface area contributed by atoms with Gasteiger partial charge in [0.2, 0.25) is 0 Å². The van der Waals surface area contributed by atoms with E-state index in [1.54, 1.807) is 7.11 Å². The lowest BCUT2D eigenvalue weighted by atomic mass is 9.93. The lowest BCUT2D eigenvalue weighted by Gasteiger charge is -2.18. The molecule has 0 heterocycles. The number of unbranched alkanes of at least 4 members (excludes halogenated alkanes) is 1. The number of rotatable bonds is 11. The highest BCUT2D eigenvalue weighted by Gasteiger charge is 2.09. The highest BCUT2D eigenvalue weighted by Crippen LogP contribution is 2.20. The fraction of sp³-hybridized carbons (Fsp3) is 0.684. The van der Waals surface area contributed by atoms with E-state index in [9.17, 15) is 0 Å². The normalized spacial score (nSPS) is 13.9. The Bertz CT molecular complexity index is 358. The maximum absolute atomic E-state index is 5.96. The van der Waals surface area contributed by atoms with Gasteiger partial charge in [-0.1, -0.05) is 51.7 Å². The van der Waals surface area contributed by atoms with Crippen LogP contribution >= 0.6 is 0 Å². The third-order valence-corrected chi connectivity index (χ3v) is 4.22. The van der Waals surface area contributed by atoms with Gasteiger partial charge in [-0.15, -0.1) is 0 Å². The quantitative estimate of drug-likeness (QED) is 0.529. The van der Waals surface area contributed by atoms with Crippen molar-refractivity contribution in [3.05, 3.63) is 29.8 Å². The number of hydrogen-bond acceptors (Lipinski definition) is 2. The Labute approximate surface area is 130 Å². The summed E-state index contributed by atoms with van der Waals surface area (Å²) >= 11 is 0. The van der Waals surface area contributed by atoms with Crippen LogP contribution in [0.4, 0.5) is 0 Å². The summed E-state index contributed by atoms with van der Waals surface area (Å²) in [4.78, 5) is 0. The number of benzene rings is 1. The molecule has 2 unspecified atom stereocenters. The van der Waals surface area contributed by atoms with Crippen LogP contribution in [0.15, 0.2) is 24.3 Å². The molecular formula is C19H32O2. The average molecular weight is 292 g/mol. The molecule has 0 spiro atoms. The summed E-state index contributed by atoms with van der Waals surface area (Å²) in [5, 5.41) is 0. The monoisotopic (exact) mass is 292 g/mol. The highest BCUT2D eigenvalue weighted by molar-refractivity contribution is 5.26. The van der Waals surface area contributed by atoms with E-state index in [0.717, 1.165) is 11.7 Å². The van der Waals surface area contributed by atoms with Crippen molar-refractivity contribution < 1.29 is 9.47 Å². The molecule has 0 amide bonds. The topological polar surface area (TPSA) is 18.5 Å². The van der Waals surface area contributed by atoms with Crippen LogP contribution in [0.3, 0.4) is 0 Å². The molecule has 120 valence electrons. The fourth-order valence-electron chi connectivity index (χ4n) is 2.56. The van der Waals surface area contributed by atoms with Crippen LogP contribution in [0.1, 0.15) is 64.9 Å². The van der Waals surface area contributed by atoms with E-state index >= 15 is 0 Å². The molecule has 0 fully saturated rings. The van der Waals surface area contributed by atoms with Crippen molar-refractivity contribution in [3.8, 4) is 5.75 Å². The zero-order chi connectivity index (χ0) is 15.5. The van der Waals surface area contributed by atoms with Gasteiger partial charge in [-0.25, -0.2) is 0 Å². The van der Waals surface area contributed by atoms with Gasteiger partial charge in [0.25, 0.3) is 0 Å². The van der Waals surface area contributed by atoms with Crippen molar-refractivity contribution in [2.75, 3.05) is 7.11 Å². The van der Waals surface area contributed by atoms with Crippen molar-refractivity contribution in [1.29, 1.82) is 0 Å². The van der Waals surface area contributed by atoms with Gasteiger partial charge >= 0.3 is 0 Å². The predicted octanol–water partition coefficient (Wildman–Crippen LogP) is 5.60. The molecular weight excluding hydrogens is 260 g/mol. The third-order valence-electron chi connectivity index (χ3n) is 4.22. The number of hydrogen-bond donors (Lipinski definition) is 0. The molecule has 1 rings (SSSR count). The first-order chi connectivity index (χ1) is 10.2. The lowest BCUT2D eigenvalue weighted by molar-refractivity contribution is 0.0428. The molecule has 0 aromatic heterocycles. The van der Waals surface area contributed by atoms with Crippen LogP contribution in [0.2, 0.25) is 0 Å². The molecule has 0 saturated heterocycles. The Hall–Kier alpha value is -1.02. The second-order valence-corrected chi connectivity index (χ2v) is 5.96. The average Bonchev–Trinajstić information content (AvgIpc) is 2.53. The maximum Gasteiger partial charge on any atom is 0.118 e. The van der Waals surface area contributed by atoms with Crippen molar-refractivity contribution in [2.45, 2.75) is 72.0 Å². The smallest absolute Gasteiger partial charge is 0.118 e. The second kappa shape index (κ2) is 10.7. The Balaban J connectivity index is 2.24. The van der Waals surface area contributed by atoms with Crippen molar-refractivity contribution in [2.24, 2.45) is 5.92 Å². The minimum Gasteiger partial charge on any atom is -0.497 e. The predicted molar refractivity (Wildman–Crippen MR) is 89.8 cm³/mol. The molecule has 0 aliphatic rings. The summed E-state index contributed by atoms with van der Waals surface area (Å²) in [5.74, 6) is 1.77. The van der Waals surface area contributed by atoms with Crippen molar-refractivity contribution in [3.63, 3.8) is 0 Å². The van der Waals surface area contributed by atoms with E-state index in [1.807, 2.05) is 12.1 Å². The molecule has 0 saturated carbocycles. The van der Waals surface area contributed by atoms with Crippen LogP contribution in [0, 0.1) is 5.92 Å². The summed E-state index contributed by atoms with van der Waals surface area (Å²) in [5.41, 5.74) is 1.21. The summed E-state index contributed by atoms with van der Waals surface area (Å²) in [6.45, 7) is 7.46. The Morgan fingerprint density at radius 3 is 2.29 bits per heavy atom. The maximum atomic E-state index is 5.96. The van der Waals surface area contributed by atoms with E-state index < -0.39 is 0 Å². The van der Waals surface area contributed by atoms with E-state index in [4.69, 9.17) is 9.47 Å². The van der Waals surface area contributed by atoms with Crippen LogP contribution in [-0.4, -0.2) is 13.2 Å². The van der Waals surface area contributed by atoms with Gasteiger partial charge in [0.1, 0.15) is 5.75 Å². The van der Waals surface area contributed by atoms with Gasteiger partial charge in [-0.3, -0.25) is 0 Å². The summed E-state index contributed by atoms with van der Waals surface area (Å²) in [6.07, 6.45) is 8.13. The summed E-state index contributed by atoms with van der Waals surface area (Å²) < 4.78 is 11.1. The first kappa shape index (κ1) is 18.0. The van der Waals surface area contributed by atoms with Gasteiger partial charge in [-0.2, -0.15) is 0 Å². The van der Waals surface area contributed by atoms with E-state index in [2.05, 4.69) is 32.9 Å². The Morgan fingerprint density at radius 1 is 1.00 bits per heavy atom. The molecule has 0 aliphatic carbocycles. The van der Waals surface area contributed by atoms with Gasteiger partial charge in [0, 0.05) is 0 Å². The molecule has 21 heavy (non-hydrogen) atoms. The minimum atomic E-state index is 0.336. The molecule has 1 aromatic rings. The van der Waals surface area contributed by atoms with E-state index in [0.29, 0.717) is 12.7 Å². The molecule has 2 heteroatoms. The van der Waals surface area contributed by atoms with Gasteiger partial charge in [-0.05, 0) is 43.4 Å². The van der Waals surface area contributed by atoms with Crippen LogP contribution in [0.5, 0.6) is 5.75 Å². The summed E-state index contributed by atoms with van der Waals surface area (Å²) in [6, 6.07) is 8.12.